The molecule has 1 amide bonds. The maximum absolute atomic E-state index is 12.9. The fraction of sp³-hybridized carbons (Fsp3) is 0.312. The van der Waals surface area contributed by atoms with Crippen molar-refractivity contribution in [2.75, 3.05) is 29.9 Å². The van der Waals surface area contributed by atoms with Gasteiger partial charge in [0.05, 0.1) is 0 Å². The molecule has 5 nitrogen and oxygen atoms in total. The van der Waals surface area contributed by atoms with Crippen LogP contribution in [0.1, 0.15) is 15.2 Å². The number of rotatable bonds is 4. The zero-order chi connectivity index (χ0) is 18.0. The second kappa shape index (κ2) is 7.67. The van der Waals surface area contributed by atoms with Crippen LogP contribution < -0.4 is 5.32 Å². The number of hydrogen-bond acceptors (Lipinski definition) is 5. The predicted molar refractivity (Wildman–Crippen MR) is 105 cm³/mol. The Morgan fingerprint density at radius 2 is 1.96 bits per heavy atom. The molecule has 0 bridgehead atoms. The third-order valence-electron chi connectivity index (χ3n) is 3.87. The molecule has 0 unspecified atom stereocenters. The molecular weight excluding hydrogens is 400 g/mol. The Kier molecular flexibility index (Phi) is 5.75. The number of halogens is 1. The molecule has 1 fully saturated rings. The number of thiophene rings is 1. The average molecular weight is 417 g/mol. The van der Waals surface area contributed by atoms with E-state index in [-0.39, 0.29) is 9.77 Å². The number of carbonyl (C=O) groups excluding carboxylic acids is 1. The van der Waals surface area contributed by atoms with E-state index in [1.165, 1.54) is 10.4 Å². The van der Waals surface area contributed by atoms with Gasteiger partial charge in [-0.2, -0.15) is 16.1 Å². The number of thioether (sulfide) groups is 1. The van der Waals surface area contributed by atoms with Crippen molar-refractivity contribution in [1.29, 1.82) is 0 Å². The maximum Gasteiger partial charge on any atom is 0.267 e. The number of hydrogen-bond donors (Lipinski definition) is 1. The molecule has 1 aromatic heterocycles. The molecule has 25 heavy (non-hydrogen) atoms. The van der Waals surface area contributed by atoms with Gasteiger partial charge in [-0.25, -0.2) is 8.42 Å². The minimum Gasteiger partial charge on any atom is -0.321 e. The molecule has 1 aromatic carbocycles. The van der Waals surface area contributed by atoms with Crippen molar-refractivity contribution in [2.24, 2.45) is 0 Å². The van der Waals surface area contributed by atoms with Crippen LogP contribution >= 0.6 is 34.7 Å². The number of aryl methyl sites for hydroxylation is 1. The van der Waals surface area contributed by atoms with Gasteiger partial charge in [0.15, 0.2) is 0 Å². The first-order valence-corrected chi connectivity index (χ1v) is 11.5. The Morgan fingerprint density at radius 3 is 2.68 bits per heavy atom. The highest BCUT2D eigenvalue weighted by atomic mass is 35.5. The minimum atomic E-state index is -3.66. The summed E-state index contributed by atoms with van der Waals surface area (Å²) >= 11 is 8.83. The van der Waals surface area contributed by atoms with E-state index in [4.69, 9.17) is 11.6 Å². The lowest BCUT2D eigenvalue weighted by atomic mass is 10.2. The lowest BCUT2D eigenvalue weighted by Crippen LogP contribution is -2.38. The van der Waals surface area contributed by atoms with Crippen LogP contribution in [0.25, 0.3) is 0 Å². The van der Waals surface area contributed by atoms with Gasteiger partial charge in [-0.05, 0) is 36.1 Å². The normalized spacial score (nSPS) is 15.9. The molecule has 2 heterocycles. The maximum atomic E-state index is 12.9. The van der Waals surface area contributed by atoms with Crippen LogP contribution in [0.2, 0.25) is 5.02 Å². The fourth-order valence-corrected chi connectivity index (χ4v) is 6.54. The van der Waals surface area contributed by atoms with Crippen LogP contribution in [-0.4, -0.2) is 43.2 Å². The van der Waals surface area contributed by atoms with Crippen molar-refractivity contribution >= 4 is 56.3 Å². The van der Waals surface area contributed by atoms with Gasteiger partial charge in [-0.3, -0.25) is 4.79 Å². The van der Waals surface area contributed by atoms with Gasteiger partial charge < -0.3 is 5.32 Å². The summed E-state index contributed by atoms with van der Waals surface area (Å²) in [5.41, 5.74) is 1.43. The molecular formula is C16H17ClN2O3S3. The summed E-state index contributed by atoms with van der Waals surface area (Å²) in [7, 11) is -3.66. The summed E-state index contributed by atoms with van der Waals surface area (Å²) in [5.74, 6) is 1.10. The van der Waals surface area contributed by atoms with E-state index in [0.29, 0.717) is 23.8 Å². The molecule has 3 rings (SSSR count). The molecule has 134 valence electrons. The van der Waals surface area contributed by atoms with E-state index in [1.807, 2.05) is 6.92 Å². The highest BCUT2D eigenvalue weighted by molar-refractivity contribution is 7.99. The van der Waals surface area contributed by atoms with E-state index in [2.05, 4.69) is 5.32 Å². The van der Waals surface area contributed by atoms with E-state index in [1.54, 1.807) is 35.3 Å². The number of anilines is 1. The first-order valence-electron chi connectivity index (χ1n) is 7.62. The first-order chi connectivity index (χ1) is 11.9. The SMILES string of the molecule is Cc1ccc(Cl)cc1NC(=O)c1sccc1S(=O)(=O)N1CCSCC1. The van der Waals surface area contributed by atoms with E-state index in [9.17, 15) is 13.2 Å². The Bertz CT molecular complexity index is 890. The monoisotopic (exact) mass is 416 g/mol. The minimum absolute atomic E-state index is 0.0709. The third kappa shape index (κ3) is 4.03. The molecule has 1 aliphatic rings. The summed E-state index contributed by atoms with van der Waals surface area (Å²) in [4.78, 5) is 12.9. The molecule has 2 aromatic rings. The zero-order valence-electron chi connectivity index (χ0n) is 13.5. The average Bonchev–Trinajstić information content (AvgIpc) is 3.09. The number of carbonyl (C=O) groups is 1. The van der Waals surface area contributed by atoms with Crippen LogP contribution in [0.4, 0.5) is 5.69 Å². The van der Waals surface area contributed by atoms with Gasteiger partial charge in [-0.1, -0.05) is 17.7 Å². The standard InChI is InChI=1S/C16H17ClN2O3S3/c1-11-2-3-12(17)10-13(11)18-16(20)15-14(4-7-24-15)25(21,22)19-5-8-23-9-6-19/h2-4,7,10H,5-6,8-9H2,1H3,(H,18,20). The van der Waals surface area contributed by atoms with Crippen molar-refractivity contribution in [2.45, 2.75) is 11.8 Å². The largest absolute Gasteiger partial charge is 0.321 e. The van der Waals surface area contributed by atoms with Gasteiger partial charge in [0.25, 0.3) is 5.91 Å². The predicted octanol–water partition coefficient (Wildman–Crippen LogP) is 3.70. The van der Waals surface area contributed by atoms with Crippen LogP contribution in [0.3, 0.4) is 0 Å². The Labute approximate surface area is 160 Å². The number of amides is 1. The molecule has 1 aliphatic heterocycles. The summed E-state index contributed by atoms with van der Waals surface area (Å²) in [6.07, 6.45) is 0. The molecule has 9 heteroatoms. The Balaban J connectivity index is 1.88. The van der Waals surface area contributed by atoms with E-state index >= 15 is 0 Å². The summed E-state index contributed by atoms with van der Waals surface area (Å²) in [6, 6.07) is 6.69. The molecule has 0 spiro atoms. The lowest BCUT2D eigenvalue weighted by molar-refractivity contribution is 0.102. The second-order valence-corrected chi connectivity index (χ2v) is 10.0. The molecule has 1 saturated heterocycles. The Hall–Kier alpha value is -1.06. The first kappa shape index (κ1) is 18.7. The van der Waals surface area contributed by atoms with Crippen molar-refractivity contribution < 1.29 is 13.2 Å². The molecule has 0 radical (unpaired) electrons. The van der Waals surface area contributed by atoms with Crippen molar-refractivity contribution in [3.05, 3.63) is 45.1 Å². The van der Waals surface area contributed by atoms with Gasteiger partial charge in [0.1, 0.15) is 9.77 Å². The highest BCUT2D eigenvalue weighted by Crippen LogP contribution is 2.28. The van der Waals surface area contributed by atoms with Crippen molar-refractivity contribution in [3.63, 3.8) is 0 Å². The van der Waals surface area contributed by atoms with E-state index in [0.717, 1.165) is 28.4 Å². The molecule has 0 atom stereocenters. The van der Waals surface area contributed by atoms with Gasteiger partial charge in [-0.15, -0.1) is 11.3 Å². The molecule has 0 saturated carbocycles. The van der Waals surface area contributed by atoms with Crippen molar-refractivity contribution in [1.82, 2.24) is 4.31 Å². The number of nitrogens with zero attached hydrogens (tertiary/aromatic N) is 1. The number of nitrogens with one attached hydrogen (secondary N) is 1. The number of benzene rings is 1. The zero-order valence-corrected chi connectivity index (χ0v) is 16.7. The molecule has 1 N–H and O–H groups in total. The topological polar surface area (TPSA) is 66.5 Å². The summed E-state index contributed by atoms with van der Waals surface area (Å²) in [6.45, 7) is 2.79. The van der Waals surface area contributed by atoms with Gasteiger partial charge >= 0.3 is 0 Å². The lowest BCUT2D eigenvalue weighted by Gasteiger charge is -2.25. The summed E-state index contributed by atoms with van der Waals surface area (Å²) < 4.78 is 27.2. The number of sulfonamides is 1. The van der Waals surface area contributed by atoms with Crippen LogP contribution in [0.15, 0.2) is 34.5 Å². The highest BCUT2D eigenvalue weighted by Gasteiger charge is 2.31. The fourth-order valence-electron chi connectivity index (χ4n) is 2.50. The molecule has 0 aliphatic carbocycles. The quantitative estimate of drug-likeness (QED) is 0.825. The Morgan fingerprint density at radius 1 is 1.24 bits per heavy atom. The van der Waals surface area contributed by atoms with Crippen LogP contribution in [-0.2, 0) is 10.0 Å². The van der Waals surface area contributed by atoms with E-state index < -0.39 is 15.9 Å². The van der Waals surface area contributed by atoms with Gasteiger partial charge in [0, 0.05) is 35.3 Å². The second-order valence-electron chi connectivity index (χ2n) is 5.54. The smallest absolute Gasteiger partial charge is 0.267 e. The van der Waals surface area contributed by atoms with Gasteiger partial charge in [0.2, 0.25) is 10.0 Å². The van der Waals surface area contributed by atoms with Crippen molar-refractivity contribution in [3.8, 4) is 0 Å². The van der Waals surface area contributed by atoms with Crippen LogP contribution in [0, 0.1) is 6.92 Å². The summed E-state index contributed by atoms with van der Waals surface area (Å²) in [5, 5.41) is 4.90. The van der Waals surface area contributed by atoms with Crippen LogP contribution in [0.5, 0.6) is 0 Å². The third-order valence-corrected chi connectivity index (χ3v) is 8.03.